The van der Waals surface area contributed by atoms with Crippen LogP contribution in [0, 0.1) is 11.3 Å². The van der Waals surface area contributed by atoms with Crippen LogP contribution in [0.25, 0.3) is 0 Å². The SMILES string of the molecule is CCCC1CCCCC1(C)CCC. The summed E-state index contributed by atoms with van der Waals surface area (Å²) >= 11 is 0. The minimum Gasteiger partial charge on any atom is -0.0654 e. The molecule has 13 heavy (non-hydrogen) atoms. The Kier molecular flexibility index (Phi) is 4.28. The van der Waals surface area contributed by atoms with E-state index in [-0.39, 0.29) is 0 Å². The van der Waals surface area contributed by atoms with Crippen molar-refractivity contribution in [3.63, 3.8) is 0 Å². The smallest absolute Gasteiger partial charge is 0.0298 e. The highest BCUT2D eigenvalue weighted by Gasteiger charge is 2.34. The summed E-state index contributed by atoms with van der Waals surface area (Å²) in [4.78, 5) is 0. The van der Waals surface area contributed by atoms with Gasteiger partial charge in [-0.2, -0.15) is 0 Å². The lowest BCUT2D eigenvalue weighted by atomic mass is 9.64. The molecule has 0 aromatic carbocycles. The Morgan fingerprint density at radius 1 is 1.15 bits per heavy atom. The summed E-state index contributed by atoms with van der Waals surface area (Å²) in [7, 11) is 0. The lowest BCUT2D eigenvalue weighted by molar-refractivity contribution is 0.0947. The van der Waals surface area contributed by atoms with E-state index in [1.807, 2.05) is 0 Å². The minimum atomic E-state index is 0.697. The molecule has 0 radical (unpaired) electrons. The summed E-state index contributed by atoms with van der Waals surface area (Å²) in [6.07, 6.45) is 11.6. The van der Waals surface area contributed by atoms with Gasteiger partial charge in [0.1, 0.15) is 0 Å². The van der Waals surface area contributed by atoms with Crippen molar-refractivity contribution < 1.29 is 0 Å². The van der Waals surface area contributed by atoms with Crippen molar-refractivity contribution in [2.45, 2.75) is 72.1 Å². The first-order chi connectivity index (χ1) is 6.23. The van der Waals surface area contributed by atoms with Crippen molar-refractivity contribution in [1.82, 2.24) is 0 Å². The zero-order valence-corrected chi connectivity index (χ0v) is 9.73. The third-order valence-electron chi connectivity index (χ3n) is 3.99. The van der Waals surface area contributed by atoms with Crippen molar-refractivity contribution in [3.05, 3.63) is 0 Å². The van der Waals surface area contributed by atoms with E-state index < -0.39 is 0 Å². The lowest BCUT2D eigenvalue weighted by Crippen LogP contribution is -2.30. The van der Waals surface area contributed by atoms with Gasteiger partial charge in [-0.25, -0.2) is 0 Å². The van der Waals surface area contributed by atoms with Gasteiger partial charge >= 0.3 is 0 Å². The largest absolute Gasteiger partial charge is 0.0654 e. The van der Waals surface area contributed by atoms with Crippen LogP contribution in [-0.2, 0) is 0 Å². The van der Waals surface area contributed by atoms with Gasteiger partial charge in [0.15, 0.2) is 0 Å². The summed E-state index contributed by atoms with van der Waals surface area (Å²) in [5, 5.41) is 0. The highest BCUT2D eigenvalue weighted by atomic mass is 14.4. The van der Waals surface area contributed by atoms with E-state index >= 15 is 0 Å². The van der Waals surface area contributed by atoms with Crippen molar-refractivity contribution in [2.75, 3.05) is 0 Å². The average Bonchev–Trinajstić information content (AvgIpc) is 2.10. The first-order valence-electron chi connectivity index (χ1n) is 6.23. The van der Waals surface area contributed by atoms with E-state index in [4.69, 9.17) is 0 Å². The molecule has 0 heterocycles. The van der Waals surface area contributed by atoms with Crippen LogP contribution in [0.2, 0.25) is 0 Å². The third-order valence-corrected chi connectivity index (χ3v) is 3.99. The van der Waals surface area contributed by atoms with E-state index in [0.29, 0.717) is 5.41 Å². The molecule has 0 heteroatoms. The molecule has 0 aromatic rings. The Bertz CT molecular complexity index is 133. The molecule has 2 unspecified atom stereocenters. The van der Waals surface area contributed by atoms with Crippen molar-refractivity contribution in [3.8, 4) is 0 Å². The molecule has 0 N–H and O–H groups in total. The van der Waals surface area contributed by atoms with Crippen LogP contribution in [0.4, 0.5) is 0 Å². The standard InChI is InChI=1S/C13H26/c1-4-8-12-9-6-7-11-13(12,3)10-5-2/h12H,4-11H2,1-3H3. The van der Waals surface area contributed by atoms with Gasteiger partial charge in [-0.3, -0.25) is 0 Å². The normalized spacial score (nSPS) is 34.8. The fourth-order valence-corrected chi connectivity index (χ4v) is 3.21. The fourth-order valence-electron chi connectivity index (χ4n) is 3.21. The first kappa shape index (κ1) is 11.1. The Morgan fingerprint density at radius 3 is 2.54 bits per heavy atom. The number of hydrogen-bond acceptors (Lipinski definition) is 0. The summed E-state index contributed by atoms with van der Waals surface area (Å²) in [5.41, 5.74) is 0.697. The van der Waals surface area contributed by atoms with Crippen molar-refractivity contribution >= 4 is 0 Å². The van der Waals surface area contributed by atoms with Gasteiger partial charge in [0.2, 0.25) is 0 Å². The quantitative estimate of drug-likeness (QED) is 0.587. The van der Waals surface area contributed by atoms with E-state index in [9.17, 15) is 0 Å². The van der Waals surface area contributed by atoms with Gasteiger partial charge in [-0.05, 0) is 30.6 Å². The molecular formula is C13H26. The molecule has 0 amide bonds. The molecule has 0 saturated heterocycles. The molecular weight excluding hydrogens is 156 g/mol. The van der Waals surface area contributed by atoms with Gasteiger partial charge in [-0.1, -0.05) is 52.9 Å². The second kappa shape index (κ2) is 5.02. The van der Waals surface area contributed by atoms with E-state index in [2.05, 4.69) is 20.8 Å². The van der Waals surface area contributed by atoms with Crippen molar-refractivity contribution in [2.24, 2.45) is 11.3 Å². The maximum Gasteiger partial charge on any atom is -0.0298 e. The molecule has 1 fully saturated rings. The van der Waals surface area contributed by atoms with Gasteiger partial charge in [0.05, 0.1) is 0 Å². The molecule has 78 valence electrons. The Hall–Kier alpha value is 0. The molecule has 1 rings (SSSR count). The third kappa shape index (κ3) is 2.72. The average molecular weight is 182 g/mol. The molecule has 0 spiro atoms. The molecule has 0 aromatic heterocycles. The highest BCUT2D eigenvalue weighted by molar-refractivity contribution is 4.85. The monoisotopic (exact) mass is 182 g/mol. The van der Waals surface area contributed by atoms with Crippen LogP contribution >= 0.6 is 0 Å². The lowest BCUT2D eigenvalue weighted by Gasteiger charge is -2.42. The van der Waals surface area contributed by atoms with E-state index in [1.165, 1.54) is 51.4 Å². The molecule has 2 atom stereocenters. The van der Waals surface area contributed by atoms with Crippen LogP contribution in [0.3, 0.4) is 0 Å². The van der Waals surface area contributed by atoms with Crippen molar-refractivity contribution in [1.29, 1.82) is 0 Å². The molecule has 1 aliphatic rings. The second-order valence-corrected chi connectivity index (χ2v) is 5.14. The second-order valence-electron chi connectivity index (χ2n) is 5.14. The summed E-state index contributed by atoms with van der Waals surface area (Å²) < 4.78 is 0. The van der Waals surface area contributed by atoms with Gasteiger partial charge in [0.25, 0.3) is 0 Å². The predicted octanol–water partition coefficient (Wildman–Crippen LogP) is 4.78. The zero-order chi connectivity index (χ0) is 9.73. The Labute approximate surface area is 84.1 Å². The molecule has 1 aliphatic carbocycles. The van der Waals surface area contributed by atoms with Crippen LogP contribution in [-0.4, -0.2) is 0 Å². The van der Waals surface area contributed by atoms with Crippen LogP contribution < -0.4 is 0 Å². The summed E-state index contributed by atoms with van der Waals surface area (Å²) in [6, 6.07) is 0. The maximum atomic E-state index is 2.54. The van der Waals surface area contributed by atoms with Crippen LogP contribution in [0.5, 0.6) is 0 Å². The van der Waals surface area contributed by atoms with Gasteiger partial charge < -0.3 is 0 Å². The Balaban J connectivity index is 2.54. The van der Waals surface area contributed by atoms with Gasteiger partial charge in [0, 0.05) is 0 Å². The predicted molar refractivity (Wildman–Crippen MR) is 59.9 cm³/mol. The van der Waals surface area contributed by atoms with E-state index in [1.54, 1.807) is 0 Å². The van der Waals surface area contributed by atoms with E-state index in [0.717, 1.165) is 5.92 Å². The molecule has 0 aliphatic heterocycles. The van der Waals surface area contributed by atoms with Crippen LogP contribution in [0.1, 0.15) is 72.1 Å². The minimum absolute atomic E-state index is 0.697. The number of rotatable bonds is 4. The Morgan fingerprint density at radius 2 is 1.92 bits per heavy atom. The number of hydrogen-bond donors (Lipinski definition) is 0. The highest BCUT2D eigenvalue weighted by Crippen LogP contribution is 2.46. The molecule has 0 nitrogen and oxygen atoms in total. The zero-order valence-electron chi connectivity index (χ0n) is 9.73. The maximum absolute atomic E-state index is 2.54. The first-order valence-corrected chi connectivity index (χ1v) is 6.23. The fraction of sp³-hybridized carbons (Fsp3) is 1.00. The topological polar surface area (TPSA) is 0 Å². The molecule has 0 bridgehead atoms. The molecule has 1 saturated carbocycles. The van der Waals surface area contributed by atoms with Gasteiger partial charge in [-0.15, -0.1) is 0 Å². The van der Waals surface area contributed by atoms with Crippen LogP contribution in [0.15, 0.2) is 0 Å². The summed E-state index contributed by atoms with van der Waals surface area (Å²) in [5.74, 6) is 1.03. The summed E-state index contributed by atoms with van der Waals surface area (Å²) in [6.45, 7) is 7.21.